The summed E-state index contributed by atoms with van der Waals surface area (Å²) in [6.45, 7) is 3.53. The lowest BCUT2D eigenvalue weighted by atomic mass is 10.2. The molecule has 0 bridgehead atoms. The zero-order valence-electron chi connectivity index (χ0n) is 11.0. The first-order chi connectivity index (χ1) is 9.56. The Kier molecular flexibility index (Phi) is 5.41. The van der Waals surface area contributed by atoms with E-state index in [9.17, 15) is 0 Å². The van der Waals surface area contributed by atoms with Gasteiger partial charge in [-0.1, -0.05) is 40.9 Å². The minimum Gasteiger partial charge on any atom is -0.383 e. The third-order valence-electron chi connectivity index (χ3n) is 2.87. The van der Waals surface area contributed by atoms with Gasteiger partial charge in [0.1, 0.15) is 0 Å². The zero-order chi connectivity index (χ0) is 14.5. The molecule has 2 aromatic rings. The van der Waals surface area contributed by atoms with Crippen molar-refractivity contribution in [3.8, 4) is 0 Å². The first-order valence-corrected chi connectivity index (χ1v) is 7.38. The van der Waals surface area contributed by atoms with Crippen molar-refractivity contribution in [1.82, 2.24) is 0 Å². The Labute approximate surface area is 134 Å². The standard InChI is InChI=1S/C15H15Cl3N2/c1-10-2-3-11(8-14(10)17)19-6-7-20-12-4-5-13(16)15(18)9-12/h2-5,8-9,19-20H,6-7H2,1H3. The molecule has 0 saturated heterocycles. The third-order valence-corrected chi connectivity index (χ3v) is 4.02. The van der Waals surface area contributed by atoms with Gasteiger partial charge in [-0.25, -0.2) is 0 Å². The summed E-state index contributed by atoms with van der Waals surface area (Å²) in [5.74, 6) is 0. The molecule has 0 atom stereocenters. The number of benzene rings is 2. The van der Waals surface area contributed by atoms with E-state index < -0.39 is 0 Å². The fraction of sp³-hybridized carbons (Fsp3) is 0.200. The van der Waals surface area contributed by atoms with Crippen LogP contribution in [0.25, 0.3) is 0 Å². The van der Waals surface area contributed by atoms with Crippen molar-refractivity contribution >= 4 is 46.2 Å². The van der Waals surface area contributed by atoms with Crippen molar-refractivity contribution in [2.45, 2.75) is 6.92 Å². The SMILES string of the molecule is Cc1ccc(NCCNc2ccc(Cl)c(Cl)c2)cc1Cl. The summed E-state index contributed by atoms with van der Waals surface area (Å²) in [6, 6.07) is 11.4. The minimum atomic E-state index is 0.551. The fourth-order valence-electron chi connectivity index (χ4n) is 1.72. The van der Waals surface area contributed by atoms with Crippen LogP contribution >= 0.6 is 34.8 Å². The Hall–Kier alpha value is -1.09. The molecule has 0 radical (unpaired) electrons. The van der Waals surface area contributed by atoms with Crippen molar-refractivity contribution in [2.75, 3.05) is 23.7 Å². The van der Waals surface area contributed by atoms with Crippen LogP contribution in [0, 0.1) is 6.92 Å². The molecule has 2 rings (SSSR count). The van der Waals surface area contributed by atoms with E-state index in [0.717, 1.165) is 35.1 Å². The molecule has 0 aliphatic heterocycles. The smallest absolute Gasteiger partial charge is 0.0612 e. The number of aryl methyl sites for hydroxylation is 1. The highest BCUT2D eigenvalue weighted by atomic mass is 35.5. The highest BCUT2D eigenvalue weighted by molar-refractivity contribution is 6.42. The lowest BCUT2D eigenvalue weighted by molar-refractivity contribution is 1.08. The van der Waals surface area contributed by atoms with Gasteiger partial charge in [0.2, 0.25) is 0 Å². The van der Waals surface area contributed by atoms with Gasteiger partial charge in [0.25, 0.3) is 0 Å². The number of halogens is 3. The maximum Gasteiger partial charge on any atom is 0.0612 e. The summed E-state index contributed by atoms with van der Waals surface area (Å²) >= 11 is 17.9. The average Bonchev–Trinajstić information content (AvgIpc) is 2.42. The summed E-state index contributed by atoms with van der Waals surface area (Å²) in [5.41, 5.74) is 3.03. The summed E-state index contributed by atoms with van der Waals surface area (Å²) in [6.07, 6.45) is 0. The lowest BCUT2D eigenvalue weighted by Crippen LogP contribution is -2.13. The molecule has 0 aromatic heterocycles. The van der Waals surface area contributed by atoms with Crippen LogP contribution in [0.2, 0.25) is 15.1 Å². The van der Waals surface area contributed by atoms with Crippen LogP contribution in [0.15, 0.2) is 36.4 Å². The zero-order valence-corrected chi connectivity index (χ0v) is 13.3. The molecule has 0 spiro atoms. The van der Waals surface area contributed by atoms with Crippen LogP contribution < -0.4 is 10.6 Å². The Morgan fingerprint density at radius 3 is 1.85 bits per heavy atom. The van der Waals surface area contributed by atoms with E-state index in [2.05, 4.69) is 10.6 Å². The molecule has 2 nitrogen and oxygen atoms in total. The van der Waals surface area contributed by atoms with E-state index in [4.69, 9.17) is 34.8 Å². The molecule has 0 amide bonds. The molecule has 0 aliphatic rings. The largest absolute Gasteiger partial charge is 0.383 e. The Morgan fingerprint density at radius 2 is 1.30 bits per heavy atom. The van der Waals surface area contributed by atoms with Gasteiger partial charge in [-0.15, -0.1) is 0 Å². The molecular weight excluding hydrogens is 315 g/mol. The highest BCUT2D eigenvalue weighted by Crippen LogP contribution is 2.25. The second kappa shape index (κ2) is 7.07. The van der Waals surface area contributed by atoms with Crippen molar-refractivity contribution in [3.63, 3.8) is 0 Å². The van der Waals surface area contributed by atoms with E-state index >= 15 is 0 Å². The van der Waals surface area contributed by atoms with Crippen LogP contribution in [0.1, 0.15) is 5.56 Å². The summed E-state index contributed by atoms with van der Waals surface area (Å²) in [7, 11) is 0. The van der Waals surface area contributed by atoms with E-state index in [1.807, 2.05) is 37.3 Å². The molecule has 20 heavy (non-hydrogen) atoms. The molecule has 0 saturated carbocycles. The van der Waals surface area contributed by atoms with Gasteiger partial charge < -0.3 is 10.6 Å². The van der Waals surface area contributed by atoms with Gasteiger partial charge in [-0.2, -0.15) is 0 Å². The Morgan fingerprint density at radius 1 is 0.750 bits per heavy atom. The molecule has 0 fully saturated rings. The van der Waals surface area contributed by atoms with Crippen LogP contribution in [-0.2, 0) is 0 Å². The van der Waals surface area contributed by atoms with E-state index in [1.165, 1.54) is 0 Å². The average molecular weight is 330 g/mol. The summed E-state index contributed by atoms with van der Waals surface area (Å²) < 4.78 is 0. The summed E-state index contributed by atoms with van der Waals surface area (Å²) in [5, 5.41) is 8.45. The van der Waals surface area contributed by atoms with E-state index in [1.54, 1.807) is 6.07 Å². The first-order valence-electron chi connectivity index (χ1n) is 6.25. The molecule has 0 heterocycles. The van der Waals surface area contributed by atoms with E-state index in [0.29, 0.717) is 10.0 Å². The van der Waals surface area contributed by atoms with Crippen LogP contribution in [0.4, 0.5) is 11.4 Å². The maximum absolute atomic E-state index is 6.07. The quantitative estimate of drug-likeness (QED) is 0.710. The Balaban J connectivity index is 1.81. The van der Waals surface area contributed by atoms with Crippen LogP contribution in [-0.4, -0.2) is 13.1 Å². The van der Waals surface area contributed by atoms with Crippen molar-refractivity contribution in [2.24, 2.45) is 0 Å². The molecule has 106 valence electrons. The van der Waals surface area contributed by atoms with Crippen molar-refractivity contribution in [1.29, 1.82) is 0 Å². The maximum atomic E-state index is 6.07. The van der Waals surface area contributed by atoms with E-state index in [-0.39, 0.29) is 0 Å². The third kappa shape index (κ3) is 4.20. The number of hydrogen-bond acceptors (Lipinski definition) is 2. The predicted molar refractivity (Wildman–Crippen MR) is 89.6 cm³/mol. The van der Waals surface area contributed by atoms with Crippen LogP contribution in [0.5, 0.6) is 0 Å². The van der Waals surface area contributed by atoms with Gasteiger partial charge in [0.15, 0.2) is 0 Å². The predicted octanol–water partition coefficient (Wildman–Crippen LogP) is 5.48. The second-order valence-electron chi connectivity index (χ2n) is 4.45. The van der Waals surface area contributed by atoms with Gasteiger partial charge in [-0.3, -0.25) is 0 Å². The number of hydrogen-bond donors (Lipinski definition) is 2. The number of rotatable bonds is 5. The van der Waals surface area contributed by atoms with Crippen molar-refractivity contribution < 1.29 is 0 Å². The normalized spacial score (nSPS) is 10.4. The highest BCUT2D eigenvalue weighted by Gasteiger charge is 1.99. The first kappa shape index (κ1) is 15.3. The minimum absolute atomic E-state index is 0.551. The van der Waals surface area contributed by atoms with Gasteiger partial charge in [0.05, 0.1) is 10.0 Å². The van der Waals surface area contributed by atoms with Gasteiger partial charge in [0, 0.05) is 29.5 Å². The molecule has 2 N–H and O–H groups in total. The second-order valence-corrected chi connectivity index (χ2v) is 5.67. The van der Waals surface area contributed by atoms with Crippen LogP contribution in [0.3, 0.4) is 0 Å². The lowest BCUT2D eigenvalue weighted by Gasteiger charge is -2.10. The number of nitrogens with one attached hydrogen (secondary N) is 2. The monoisotopic (exact) mass is 328 g/mol. The molecule has 0 aliphatic carbocycles. The van der Waals surface area contributed by atoms with Gasteiger partial charge in [-0.05, 0) is 42.8 Å². The molecule has 5 heteroatoms. The molecular formula is C15H15Cl3N2. The van der Waals surface area contributed by atoms with Crippen molar-refractivity contribution in [3.05, 3.63) is 57.0 Å². The Bertz CT molecular complexity index is 546. The molecule has 0 unspecified atom stereocenters. The number of anilines is 2. The molecule has 2 aromatic carbocycles. The summed E-state index contributed by atoms with van der Waals surface area (Å²) in [4.78, 5) is 0. The fourth-order valence-corrected chi connectivity index (χ4v) is 2.20. The topological polar surface area (TPSA) is 24.1 Å². The van der Waals surface area contributed by atoms with Gasteiger partial charge >= 0.3 is 0 Å².